The monoisotopic (exact) mass is 312 g/mol. The van der Waals surface area contributed by atoms with Gasteiger partial charge in [0.25, 0.3) is 0 Å². The Balaban J connectivity index is 1.66. The van der Waals surface area contributed by atoms with Crippen molar-refractivity contribution in [2.45, 2.75) is 33.1 Å². The molecule has 1 saturated heterocycles. The van der Waals surface area contributed by atoms with Gasteiger partial charge in [0.15, 0.2) is 5.11 Å². The number of nitrogens with zero attached hydrogens (tertiary/aromatic N) is 2. The van der Waals surface area contributed by atoms with Crippen LogP contribution in [0.2, 0.25) is 0 Å². The molecule has 2 rings (SSSR count). The normalized spacial score (nSPS) is 27.2. The van der Waals surface area contributed by atoms with Crippen LogP contribution in [0, 0.1) is 11.8 Å². The number of hydrogen-bond donors (Lipinski definition) is 2. The molecule has 1 saturated carbocycles. The van der Waals surface area contributed by atoms with Crippen molar-refractivity contribution in [2.75, 3.05) is 39.4 Å². The molecule has 21 heavy (non-hydrogen) atoms. The van der Waals surface area contributed by atoms with Gasteiger partial charge in [-0.05, 0) is 36.9 Å². The highest BCUT2D eigenvalue weighted by Crippen LogP contribution is 2.25. The number of hydrogen-bond acceptors (Lipinski definition) is 4. The minimum Gasteiger partial charge on any atom is -0.379 e. The van der Waals surface area contributed by atoms with E-state index in [0.29, 0.717) is 16.9 Å². The van der Waals surface area contributed by atoms with Gasteiger partial charge in [-0.2, -0.15) is 5.10 Å². The standard InChI is InChI=1S/C15H28N4OS/c1-12-4-3-5-13(2)14(12)17-18-15(21)16-6-7-19-8-10-20-11-9-19/h12-13H,3-11H2,1-2H3,(H2,16,18,21)/t12-,13-/m0/s1. The van der Waals surface area contributed by atoms with Crippen LogP contribution in [0.3, 0.4) is 0 Å². The lowest BCUT2D eigenvalue weighted by Gasteiger charge is -2.27. The minimum atomic E-state index is 0.567. The summed E-state index contributed by atoms with van der Waals surface area (Å²) in [6, 6.07) is 0. The van der Waals surface area contributed by atoms with Crippen LogP contribution >= 0.6 is 12.2 Å². The molecule has 2 aliphatic rings. The summed E-state index contributed by atoms with van der Waals surface area (Å²) in [5.41, 5.74) is 4.28. The van der Waals surface area contributed by atoms with E-state index in [1.54, 1.807) is 0 Å². The second kappa shape index (κ2) is 8.66. The minimum absolute atomic E-state index is 0.567. The molecular formula is C15H28N4OS. The van der Waals surface area contributed by atoms with Crippen molar-refractivity contribution in [1.29, 1.82) is 0 Å². The largest absolute Gasteiger partial charge is 0.379 e. The molecule has 1 aliphatic carbocycles. The molecule has 2 atom stereocenters. The number of ether oxygens (including phenoxy) is 1. The molecule has 6 heteroatoms. The maximum atomic E-state index is 5.33. The Labute approximate surface area is 133 Å². The quantitative estimate of drug-likeness (QED) is 0.610. The average Bonchev–Trinajstić information content (AvgIpc) is 2.48. The third-order valence-corrected chi connectivity index (χ3v) is 4.62. The Morgan fingerprint density at radius 2 is 1.95 bits per heavy atom. The lowest BCUT2D eigenvalue weighted by atomic mass is 9.81. The van der Waals surface area contributed by atoms with Gasteiger partial charge in [0, 0.05) is 31.9 Å². The number of hydrazone groups is 1. The summed E-state index contributed by atoms with van der Waals surface area (Å²) in [5, 5.41) is 8.40. The van der Waals surface area contributed by atoms with Gasteiger partial charge in [0.05, 0.1) is 13.2 Å². The Morgan fingerprint density at radius 3 is 2.62 bits per heavy atom. The van der Waals surface area contributed by atoms with E-state index in [9.17, 15) is 0 Å². The highest BCUT2D eigenvalue weighted by molar-refractivity contribution is 7.80. The number of thiocarbonyl (C=S) groups is 1. The predicted molar refractivity (Wildman–Crippen MR) is 90.6 cm³/mol. The zero-order valence-electron chi connectivity index (χ0n) is 13.2. The first-order valence-electron chi connectivity index (χ1n) is 8.08. The van der Waals surface area contributed by atoms with E-state index in [2.05, 4.69) is 34.6 Å². The van der Waals surface area contributed by atoms with Gasteiger partial charge in [-0.25, -0.2) is 0 Å². The van der Waals surface area contributed by atoms with Gasteiger partial charge >= 0.3 is 0 Å². The van der Waals surface area contributed by atoms with Gasteiger partial charge in [-0.15, -0.1) is 0 Å². The van der Waals surface area contributed by atoms with Gasteiger partial charge in [0.1, 0.15) is 0 Å². The Hall–Kier alpha value is -0.720. The highest BCUT2D eigenvalue weighted by Gasteiger charge is 2.22. The molecule has 120 valence electrons. The van der Waals surface area contributed by atoms with E-state index >= 15 is 0 Å². The molecule has 0 aromatic carbocycles. The van der Waals surface area contributed by atoms with Crippen LogP contribution in [0.1, 0.15) is 33.1 Å². The first-order valence-corrected chi connectivity index (χ1v) is 8.49. The molecule has 0 unspecified atom stereocenters. The molecule has 2 fully saturated rings. The molecular weight excluding hydrogens is 284 g/mol. The number of morpholine rings is 1. The molecule has 0 radical (unpaired) electrons. The maximum absolute atomic E-state index is 5.33. The summed E-state index contributed by atoms with van der Waals surface area (Å²) in [7, 11) is 0. The summed E-state index contributed by atoms with van der Waals surface area (Å²) in [6.07, 6.45) is 3.79. The van der Waals surface area contributed by atoms with Crippen molar-refractivity contribution < 1.29 is 4.74 Å². The summed E-state index contributed by atoms with van der Waals surface area (Å²) in [4.78, 5) is 2.39. The maximum Gasteiger partial charge on any atom is 0.186 e. The zero-order valence-corrected chi connectivity index (χ0v) is 14.0. The van der Waals surface area contributed by atoms with E-state index in [-0.39, 0.29) is 0 Å². The van der Waals surface area contributed by atoms with Crippen molar-refractivity contribution in [1.82, 2.24) is 15.6 Å². The van der Waals surface area contributed by atoms with E-state index < -0.39 is 0 Å². The second-order valence-corrected chi connectivity index (χ2v) is 6.50. The van der Waals surface area contributed by atoms with Crippen molar-refractivity contribution in [3.05, 3.63) is 0 Å². The highest BCUT2D eigenvalue weighted by atomic mass is 32.1. The van der Waals surface area contributed by atoms with Crippen molar-refractivity contribution in [3.8, 4) is 0 Å². The molecule has 2 N–H and O–H groups in total. The summed E-state index contributed by atoms with van der Waals surface area (Å²) in [6.45, 7) is 10.1. The molecule has 0 bridgehead atoms. The van der Waals surface area contributed by atoms with Crippen LogP contribution < -0.4 is 10.7 Å². The fourth-order valence-electron chi connectivity index (χ4n) is 3.04. The van der Waals surface area contributed by atoms with E-state index in [1.165, 1.54) is 25.0 Å². The molecule has 0 spiro atoms. The van der Waals surface area contributed by atoms with E-state index in [1.807, 2.05) is 0 Å². The third kappa shape index (κ3) is 5.52. The molecule has 0 amide bonds. The smallest absolute Gasteiger partial charge is 0.186 e. The van der Waals surface area contributed by atoms with Gasteiger partial charge in [-0.1, -0.05) is 20.3 Å². The van der Waals surface area contributed by atoms with Crippen LogP contribution in [0.5, 0.6) is 0 Å². The van der Waals surface area contributed by atoms with Crippen LogP contribution in [-0.4, -0.2) is 55.1 Å². The molecule has 5 nitrogen and oxygen atoms in total. The van der Waals surface area contributed by atoms with Crippen LogP contribution in [-0.2, 0) is 4.74 Å². The van der Waals surface area contributed by atoms with Crippen molar-refractivity contribution in [2.24, 2.45) is 16.9 Å². The molecule has 1 aliphatic heterocycles. The predicted octanol–water partition coefficient (Wildman–Crippen LogP) is 1.59. The topological polar surface area (TPSA) is 48.9 Å². The van der Waals surface area contributed by atoms with Crippen molar-refractivity contribution >= 4 is 23.0 Å². The number of nitrogens with one attached hydrogen (secondary N) is 2. The van der Waals surface area contributed by atoms with Crippen LogP contribution in [0.15, 0.2) is 5.10 Å². The Bertz CT molecular complexity index is 357. The summed E-state index contributed by atoms with van der Waals surface area (Å²) >= 11 is 5.29. The summed E-state index contributed by atoms with van der Waals surface area (Å²) < 4.78 is 5.33. The van der Waals surface area contributed by atoms with Crippen LogP contribution in [0.4, 0.5) is 0 Å². The third-order valence-electron chi connectivity index (χ3n) is 4.39. The van der Waals surface area contributed by atoms with Gasteiger partial charge in [0.2, 0.25) is 0 Å². The summed E-state index contributed by atoms with van der Waals surface area (Å²) in [5.74, 6) is 1.13. The SMILES string of the molecule is C[C@H]1CCC[C@H](C)C1=NNC(=S)NCCN1CCOCC1. The van der Waals surface area contributed by atoms with E-state index in [0.717, 1.165) is 39.4 Å². The Kier molecular flexibility index (Phi) is 6.86. The molecule has 1 heterocycles. The molecule has 0 aromatic heterocycles. The first kappa shape index (κ1) is 16.6. The average molecular weight is 312 g/mol. The number of rotatable bonds is 4. The van der Waals surface area contributed by atoms with Gasteiger partial charge < -0.3 is 10.1 Å². The zero-order chi connectivity index (χ0) is 15.1. The second-order valence-electron chi connectivity index (χ2n) is 6.09. The van der Waals surface area contributed by atoms with Crippen LogP contribution in [0.25, 0.3) is 0 Å². The fourth-order valence-corrected chi connectivity index (χ4v) is 3.19. The van der Waals surface area contributed by atoms with Gasteiger partial charge in [-0.3, -0.25) is 10.3 Å². The van der Waals surface area contributed by atoms with Crippen molar-refractivity contribution in [3.63, 3.8) is 0 Å². The Morgan fingerprint density at radius 1 is 1.29 bits per heavy atom. The lowest BCUT2D eigenvalue weighted by molar-refractivity contribution is 0.0389. The van der Waals surface area contributed by atoms with E-state index in [4.69, 9.17) is 17.0 Å². The lowest BCUT2D eigenvalue weighted by Crippen LogP contribution is -2.43. The molecule has 0 aromatic rings. The first-order chi connectivity index (χ1) is 10.2. The fraction of sp³-hybridized carbons (Fsp3) is 0.867.